The Hall–Kier alpha value is -2.17. The molecule has 0 fully saturated rings. The molecule has 3 N–H and O–H groups in total. The van der Waals surface area contributed by atoms with Crippen molar-refractivity contribution in [2.45, 2.75) is 6.92 Å². The van der Waals surface area contributed by atoms with E-state index >= 15 is 0 Å². The molecule has 1 rings (SSSR count). The van der Waals surface area contributed by atoms with Crippen molar-refractivity contribution in [1.29, 1.82) is 0 Å². The number of aromatic carboxylic acids is 1. The zero-order valence-electron chi connectivity index (χ0n) is 7.98. The van der Waals surface area contributed by atoms with Crippen molar-refractivity contribution in [3.05, 3.63) is 34.9 Å². The van der Waals surface area contributed by atoms with E-state index in [0.29, 0.717) is 0 Å². The van der Waals surface area contributed by atoms with Crippen LogP contribution in [0.1, 0.15) is 38.0 Å². The molecule has 1 aromatic rings. The summed E-state index contributed by atoms with van der Waals surface area (Å²) in [5.41, 5.74) is 4.87. The number of carbonyl (C=O) groups excluding carboxylic acids is 2. The summed E-state index contributed by atoms with van der Waals surface area (Å²) in [5, 5.41) is 8.80. The van der Waals surface area contributed by atoms with Gasteiger partial charge in [0, 0.05) is 5.56 Å². The molecule has 0 atom stereocenters. The standard InChI is InChI=1S/C10H9NO4/c1-5(12)6-2-3-7(9(11)13)8(4-6)10(14)15/h2-4H,1H3,(H2,11,13)(H,14,15). The van der Waals surface area contributed by atoms with Crippen LogP contribution >= 0.6 is 0 Å². The number of primary amides is 1. The lowest BCUT2D eigenvalue weighted by Crippen LogP contribution is -2.16. The van der Waals surface area contributed by atoms with Gasteiger partial charge in [-0.2, -0.15) is 0 Å². The number of ketones is 1. The molecule has 0 aliphatic carbocycles. The Morgan fingerprint density at radius 3 is 2.20 bits per heavy atom. The number of benzene rings is 1. The Morgan fingerprint density at radius 1 is 1.20 bits per heavy atom. The minimum Gasteiger partial charge on any atom is -0.478 e. The molecule has 0 saturated carbocycles. The van der Waals surface area contributed by atoms with Gasteiger partial charge >= 0.3 is 5.97 Å². The van der Waals surface area contributed by atoms with Crippen LogP contribution in [0.2, 0.25) is 0 Å². The molecule has 0 aliphatic rings. The number of carbonyl (C=O) groups is 3. The van der Waals surface area contributed by atoms with Crippen LogP contribution < -0.4 is 5.73 Å². The smallest absolute Gasteiger partial charge is 0.336 e. The quantitative estimate of drug-likeness (QED) is 0.712. The first kappa shape index (κ1) is 10.9. The Balaban J connectivity index is 3.40. The van der Waals surface area contributed by atoms with E-state index in [1.165, 1.54) is 19.1 Å². The lowest BCUT2D eigenvalue weighted by Gasteiger charge is -2.03. The van der Waals surface area contributed by atoms with Crippen LogP contribution in [0, 0.1) is 0 Å². The predicted octanol–water partition coefficient (Wildman–Crippen LogP) is 0.686. The number of nitrogens with two attached hydrogens (primary N) is 1. The van der Waals surface area contributed by atoms with Crippen molar-refractivity contribution in [2.75, 3.05) is 0 Å². The van der Waals surface area contributed by atoms with Crippen LogP contribution in [-0.4, -0.2) is 22.8 Å². The molecule has 1 amide bonds. The minimum atomic E-state index is -1.29. The molecule has 0 aromatic heterocycles. The molecule has 0 unspecified atom stereocenters. The van der Waals surface area contributed by atoms with Crippen molar-refractivity contribution in [3.63, 3.8) is 0 Å². The molecular formula is C10H9NO4. The summed E-state index contributed by atoms with van der Waals surface area (Å²) in [6.45, 7) is 1.31. The number of carboxylic acid groups (broad SMARTS) is 1. The van der Waals surface area contributed by atoms with Gasteiger partial charge in [0.05, 0.1) is 11.1 Å². The summed E-state index contributed by atoms with van der Waals surface area (Å²) in [6, 6.07) is 3.75. The number of carboxylic acids is 1. The second-order valence-electron chi connectivity index (χ2n) is 2.99. The van der Waals surface area contributed by atoms with Crippen molar-refractivity contribution < 1.29 is 19.5 Å². The number of rotatable bonds is 3. The van der Waals surface area contributed by atoms with Crippen molar-refractivity contribution in [1.82, 2.24) is 0 Å². The molecule has 0 heterocycles. The molecule has 0 bridgehead atoms. The van der Waals surface area contributed by atoms with E-state index in [2.05, 4.69) is 0 Å². The average Bonchev–Trinajstić information content (AvgIpc) is 2.16. The van der Waals surface area contributed by atoms with Crippen LogP contribution in [0.3, 0.4) is 0 Å². The third-order valence-corrected chi connectivity index (χ3v) is 1.92. The fourth-order valence-electron chi connectivity index (χ4n) is 1.16. The van der Waals surface area contributed by atoms with Gasteiger partial charge in [0.15, 0.2) is 5.78 Å². The number of Topliss-reactive ketones (excluding diaryl/α,β-unsaturated/α-hetero) is 1. The summed E-state index contributed by atoms with van der Waals surface area (Å²) in [5.74, 6) is -2.39. The molecule has 5 heteroatoms. The number of amides is 1. The number of hydrogen-bond donors (Lipinski definition) is 2. The van der Waals surface area contributed by atoms with Gasteiger partial charge in [-0.3, -0.25) is 9.59 Å². The molecule has 0 aliphatic heterocycles. The molecule has 0 spiro atoms. The normalized spacial score (nSPS) is 9.67. The highest BCUT2D eigenvalue weighted by atomic mass is 16.4. The first-order chi connectivity index (χ1) is 6.93. The van der Waals surface area contributed by atoms with Crippen LogP contribution in [0.25, 0.3) is 0 Å². The average molecular weight is 207 g/mol. The second kappa shape index (κ2) is 3.91. The Morgan fingerprint density at radius 2 is 1.80 bits per heavy atom. The van der Waals surface area contributed by atoms with Gasteiger partial charge in [-0.15, -0.1) is 0 Å². The highest BCUT2D eigenvalue weighted by molar-refractivity contribution is 6.06. The van der Waals surface area contributed by atoms with Gasteiger partial charge in [0.25, 0.3) is 0 Å². The first-order valence-corrected chi connectivity index (χ1v) is 4.11. The highest BCUT2D eigenvalue weighted by Crippen LogP contribution is 2.12. The van der Waals surface area contributed by atoms with Crippen LogP contribution in [0.15, 0.2) is 18.2 Å². The largest absolute Gasteiger partial charge is 0.478 e. The molecular weight excluding hydrogens is 198 g/mol. The van der Waals surface area contributed by atoms with E-state index < -0.39 is 11.9 Å². The summed E-state index contributed by atoms with van der Waals surface area (Å²) >= 11 is 0. The fourth-order valence-corrected chi connectivity index (χ4v) is 1.16. The van der Waals surface area contributed by atoms with Crippen LogP contribution in [-0.2, 0) is 0 Å². The molecule has 78 valence electrons. The third-order valence-electron chi connectivity index (χ3n) is 1.92. The van der Waals surface area contributed by atoms with Crippen molar-refractivity contribution in [2.24, 2.45) is 5.73 Å². The van der Waals surface area contributed by atoms with Gasteiger partial charge in [-0.25, -0.2) is 4.79 Å². The first-order valence-electron chi connectivity index (χ1n) is 4.11. The molecule has 15 heavy (non-hydrogen) atoms. The summed E-state index contributed by atoms with van der Waals surface area (Å²) < 4.78 is 0. The highest BCUT2D eigenvalue weighted by Gasteiger charge is 2.15. The Labute approximate surface area is 85.5 Å². The van der Waals surface area contributed by atoms with E-state index in [0.717, 1.165) is 6.07 Å². The fraction of sp³-hybridized carbons (Fsp3) is 0.100. The maximum atomic E-state index is 11.0. The van der Waals surface area contributed by atoms with Crippen LogP contribution in [0.4, 0.5) is 0 Å². The molecule has 0 saturated heterocycles. The van der Waals surface area contributed by atoms with Gasteiger partial charge in [0.1, 0.15) is 0 Å². The summed E-state index contributed by atoms with van der Waals surface area (Å²) in [4.78, 5) is 32.7. The van der Waals surface area contributed by atoms with Crippen molar-refractivity contribution >= 4 is 17.7 Å². The summed E-state index contributed by atoms with van der Waals surface area (Å²) in [7, 11) is 0. The SMILES string of the molecule is CC(=O)c1ccc(C(N)=O)c(C(=O)O)c1. The second-order valence-corrected chi connectivity index (χ2v) is 2.99. The monoisotopic (exact) mass is 207 g/mol. The topological polar surface area (TPSA) is 97.5 Å². The minimum absolute atomic E-state index is 0.104. The van der Waals surface area contributed by atoms with Gasteiger partial charge in [-0.1, -0.05) is 6.07 Å². The zero-order valence-corrected chi connectivity index (χ0v) is 7.98. The predicted molar refractivity (Wildman–Crippen MR) is 51.9 cm³/mol. The Bertz CT molecular complexity index is 451. The lowest BCUT2D eigenvalue weighted by atomic mass is 10.0. The Kier molecular flexibility index (Phi) is 2.85. The van der Waals surface area contributed by atoms with Crippen LogP contribution in [0.5, 0.6) is 0 Å². The van der Waals surface area contributed by atoms with E-state index in [9.17, 15) is 14.4 Å². The number of hydrogen-bond acceptors (Lipinski definition) is 3. The lowest BCUT2D eigenvalue weighted by molar-refractivity contribution is 0.0692. The van der Waals surface area contributed by atoms with E-state index in [4.69, 9.17) is 10.8 Å². The molecule has 5 nitrogen and oxygen atoms in total. The van der Waals surface area contributed by atoms with E-state index in [1.54, 1.807) is 0 Å². The van der Waals surface area contributed by atoms with Gasteiger partial charge in [-0.05, 0) is 19.1 Å². The van der Waals surface area contributed by atoms with E-state index in [-0.39, 0.29) is 22.5 Å². The van der Waals surface area contributed by atoms with Gasteiger partial charge in [0.2, 0.25) is 5.91 Å². The van der Waals surface area contributed by atoms with E-state index in [1.807, 2.05) is 0 Å². The third kappa shape index (κ3) is 2.19. The summed E-state index contributed by atoms with van der Waals surface area (Å²) in [6.07, 6.45) is 0. The maximum Gasteiger partial charge on any atom is 0.336 e. The van der Waals surface area contributed by atoms with Crippen molar-refractivity contribution in [3.8, 4) is 0 Å². The van der Waals surface area contributed by atoms with Gasteiger partial charge < -0.3 is 10.8 Å². The maximum absolute atomic E-state index is 11.0. The zero-order chi connectivity index (χ0) is 11.6. The molecule has 0 radical (unpaired) electrons. The molecule has 1 aromatic carbocycles.